The van der Waals surface area contributed by atoms with Gasteiger partial charge >= 0.3 is 0 Å². The van der Waals surface area contributed by atoms with Gasteiger partial charge in [-0.2, -0.15) is 5.26 Å². The van der Waals surface area contributed by atoms with Gasteiger partial charge in [-0.1, -0.05) is 66.7 Å². The van der Waals surface area contributed by atoms with Crippen LogP contribution in [-0.4, -0.2) is 45.6 Å². The molecule has 0 unspecified atom stereocenters. The number of anilines is 1. The van der Waals surface area contributed by atoms with E-state index in [0.29, 0.717) is 12.6 Å². The summed E-state index contributed by atoms with van der Waals surface area (Å²) in [5, 5.41) is 12.5. The van der Waals surface area contributed by atoms with Crippen LogP contribution in [-0.2, 0) is 13.0 Å². The minimum atomic E-state index is 0.198. The molecule has 0 radical (unpaired) electrons. The Bertz CT molecular complexity index is 1770. The summed E-state index contributed by atoms with van der Waals surface area (Å²) in [5.74, 6) is 1.82. The molecule has 1 fully saturated rings. The lowest BCUT2D eigenvalue weighted by Crippen LogP contribution is -2.38. The summed E-state index contributed by atoms with van der Waals surface area (Å²) in [6.07, 6.45) is 8.24. The number of hydrogen-bond donors (Lipinski definition) is 1. The van der Waals surface area contributed by atoms with Crippen molar-refractivity contribution in [2.45, 2.75) is 31.8 Å². The van der Waals surface area contributed by atoms with E-state index in [0.717, 1.165) is 56.0 Å². The number of nitrogens with zero attached hydrogens (tertiary/aromatic N) is 5. The average Bonchev–Trinajstić information content (AvgIpc) is 3.26. The molecule has 0 atom stereocenters. The van der Waals surface area contributed by atoms with Gasteiger partial charge in [0.2, 0.25) is 5.82 Å². The minimum absolute atomic E-state index is 0.198. The Morgan fingerprint density at radius 1 is 0.860 bits per heavy atom. The van der Waals surface area contributed by atoms with Crippen LogP contribution in [0.2, 0.25) is 0 Å². The summed E-state index contributed by atoms with van der Waals surface area (Å²) in [6, 6.07) is 30.4. The van der Waals surface area contributed by atoms with Gasteiger partial charge in [0.15, 0.2) is 0 Å². The fourth-order valence-corrected chi connectivity index (χ4v) is 6.29. The lowest BCUT2D eigenvalue weighted by Gasteiger charge is -2.32. The molecule has 212 valence electrons. The van der Waals surface area contributed by atoms with E-state index in [2.05, 4.69) is 91.9 Å². The number of piperidine rings is 1. The summed E-state index contributed by atoms with van der Waals surface area (Å²) in [6.45, 7) is 3.59. The van der Waals surface area contributed by atoms with E-state index in [4.69, 9.17) is 10.00 Å². The molecule has 43 heavy (non-hydrogen) atoms. The Morgan fingerprint density at radius 2 is 1.67 bits per heavy atom. The third-order valence-corrected chi connectivity index (χ3v) is 8.42. The van der Waals surface area contributed by atoms with E-state index in [9.17, 15) is 0 Å². The predicted molar refractivity (Wildman–Crippen MR) is 168 cm³/mol. The fraction of sp³-hybridized carbons (Fsp3) is 0.222. The molecular formula is C36H32N6O. The fourth-order valence-electron chi connectivity index (χ4n) is 6.29. The van der Waals surface area contributed by atoms with E-state index >= 15 is 0 Å². The first-order valence-corrected chi connectivity index (χ1v) is 14.8. The van der Waals surface area contributed by atoms with E-state index in [-0.39, 0.29) is 5.82 Å². The molecule has 1 saturated heterocycles. The molecule has 2 aliphatic heterocycles. The Balaban J connectivity index is 1.10. The highest BCUT2D eigenvalue weighted by Crippen LogP contribution is 2.43. The van der Waals surface area contributed by atoms with Crippen LogP contribution in [0.4, 0.5) is 5.82 Å². The van der Waals surface area contributed by atoms with Crippen molar-refractivity contribution in [1.29, 1.82) is 5.26 Å². The van der Waals surface area contributed by atoms with Crippen LogP contribution in [0.15, 0.2) is 97.5 Å². The van der Waals surface area contributed by atoms with Gasteiger partial charge in [-0.25, -0.2) is 9.97 Å². The van der Waals surface area contributed by atoms with Crippen molar-refractivity contribution >= 4 is 5.82 Å². The second-order valence-electron chi connectivity index (χ2n) is 11.1. The Morgan fingerprint density at radius 3 is 2.49 bits per heavy atom. The molecule has 3 aromatic carbocycles. The second-order valence-corrected chi connectivity index (χ2v) is 11.1. The van der Waals surface area contributed by atoms with Gasteiger partial charge in [-0.3, -0.25) is 9.88 Å². The molecule has 0 saturated carbocycles. The van der Waals surface area contributed by atoms with Crippen molar-refractivity contribution in [3.8, 4) is 45.2 Å². The lowest BCUT2D eigenvalue weighted by atomic mass is 9.85. The van der Waals surface area contributed by atoms with Crippen LogP contribution in [0.25, 0.3) is 33.4 Å². The maximum atomic E-state index is 9.06. The molecule has 0 amide bonds. The second kappa shape index (κ2) is 12.0. The molecule has 0 spiro atoms. The molecule has 7 nitrogen and oxygen atoms in total. The highest BCUT2D eigenvalue weighted by Gasteiger charge is 2.23. The number of hydrogen-bond acceptors (Lipinski definition) is 7. The smallest absolute Gasteiger partial charge is 0.234 e. The number of rotatable bonds is 6. The highest BCUT2D eigenvalue weighted by molar-refractivity contribution is 5.91. The number of aromatic nitrogens is 3. The van der Waals surface area contributed by atoms with Gasteiger partial charge in [-0.15, -0.1) is 0 Å². The molecule has 2 aliphatic rings. The van der Waals surface area contributed by atoms with E-state index in [1.54, 1.807) is 12.4 Å². The maximum absolute atomic E-state index is 9.06. The molecular weight excluding hydrogens is 532 g/mol. The molecule has 7 heteroatoms. The average molecular weight is 565 g/mol. The molecule has 4 heterocycles. The zero-order chi connectivity index (χ0) is 29.0. The normalized spacial score (nSPS) is 15.0. The zero-order valence-electron chi connectivity index (χ0n) is 23.9. The van der Waals surface area contributed by atoms with E-state index in [1.165, 1.54) is 38.9 Å². The first kappa shape index (κ1) is 26.8. The monoisotopic (exact) mass is 564 g/mol. The van der Waals surface area contributed by atoms with E-state index in [1.807, 2.05) is 24.4 Å². The van der Waals surface area contributed by atoms with Crippen LogP contribution in [0.1, 0.15) is 29.8 Å². The molecule has 5 aromatic rings. The van der Waals surface area contributed by atoms with Crippen LogP contribution in [0.5, 0.6) is 5.75 Å². The highest BCUT2D eigenvalue weighted by atomic mass is 16.5. The molecule has 7 rings (SSSR count). The third kappa shape index (κ3) is 5.70. The molecule has 1 N–H and O–H groups in total. The van der Waals surface area contributed by atoms with Gasteiger partial charge in [0.1, 0.15) is 17.6 Å². The number of fused-ring (bicyclic) bond motifs is 3. The van der Waals surface area contributed by atoms with Crippen LogP contribution < -0.4 is 10.1 Å². The SMILES string of the molecule is N#Cc1nccc(NC2CCN(Cc3ccc(-c4ccc5c(c4-c4ccccc4)CCOc4ccncc4-5)cc3)CC2)n1. The summed E-state index contributed by atoms with van der Waals surface area (Å²) in [5.41, 5.74) is 9.81. The number of nitriles is 1. The van der Waals surface area contributed by atoms with Crippen molar-refractivity contribution in [1.82, 2.24) is 19.9 Å². The first-order valence-electron chi connectivity index (χ1n) is 14.8. The molecule has 0 bridgehead atoms. The Labute approximate surface area is 251 Å². The summed E-state index contributed by atoms with van der Waals surface area (Å²) in [4.78, 5) is 15.1. The lowest BCUT2D eigenvalue weighted by molar-refractivity contribution is 0.211. The maximum Gasteiger partial charge on any atom is 0.234 e. The van der Waals surface area contributed by atoms with Gasteiger partial charge in [0.05, 0.1) is 6.61 Å². The van der Waals surface area contributed by atoms with Gasteiger partial charge < -0.3 is 10.1 Å². The number of nitrogens with one attached hydrogen (secondary N) is 1. The van der Waals surface area contributed by atoms with Crippen molar-refractivity contribution in [3.63, 3.8) is 0 Å². The van der Waals surface area contributed by atoms with Crippen LogP contribution >= 0.6 is 0 Å². The van der Waals surface area contributed by atoms with Crippen molar-refractivity contribution in [2.75, 3.05) is 25.0 Å². The quantitative estimate of drug-likeness (QED) is 0.244. The number of pyridine rings is 1. The standard InChI is InChI=1S/C36H32N6O/c37-22-35-39-18-13-34(41-35)40-28-14-19-42(20-15-28)24-25-6-8-26(9-7-25)29-10-11-30-31(36(29)27-4-2-1-3-5-27)16-21-43-33-12-17-38-23-32(30)33/h1-13,17-18,23,28H,14-16,19-21,24H2,(H,39,40,41). The predicted octanol–water partition coefficient (Wildman–Crippen LogP) is 6.76. The minimum Gasteiger partial charge on any atom is -0.492 e. The van der Waals surface area contributed by atoms with Gasteiger partial charge in [-0.05, 0) is 63.9 Å². The number of likely N-dealkylation sites (tertiary alicyclic amines) is 1. The summed E-state index contributed by atoms with van der Waals surface area (Å²) < 4.78 is 6.14. The van der Waals surface area contributed by atoms with Crippen molar-refractivity contribution in [2.24, 2.45) is 0 Å². The van der Waals surface area contributed by atoms with Gasteiger partial charge in [0.25, 0.3) is 0 Å². The van der Waals surface area contributed by atoms with Crippen LogP contribution in [0.3, 0.4) is 0 Å². The van der Waals surface area contributed by atoms with Crippen molar-refractivity contribution < 1.29 is 4.74 Å². The van der Waals surface area contributed by atoms with Crippen LogP contribution in [0, 0.1) is 11.3 Å². The summed E-state index contributed by atoms with van der Waals surface area (Å²) in [7, 11) is 0. The Hall–Kier alpha value is -5.06. The topological polar surface area (TPSA) is 87.0 Å². The number of ether oxygens (including phenoxy) is 1. The summed E-state index contributed by atoms with van der Waals surface area (Å²) >= 11 is 0. The first-order chi connectivity index (χ1) is 21.2. The number of benzene rings is 3. The van der Waals surface area contributed by atoms with Crippen molar-refractivity contribution in [3.05, 3.63) is 114 Å². The molecule has 0 aliphatic carbocycles. The Kier molecular flexibility index (Phi) is 7.51. The zero-order valence-corrected chi connectivity index (χ0v) is 23.9. The largest absolute Gasteiger partial charge is 0.492 e. The molecule has 2 aromatic heterocycles. The van der Waals surface area contributed by atoms with Gasteiger partial charge in [0, 0.05) is 56.3 Å². The third-order valence-electron chi connectivity index (χ3n) is 8.42. The van der Waals surface area contributed by atoms with E-state index < -0.39 is 0 Å².